The Bertz CT molecular complexity index is 445. The van der Waals surface area contributed by atoms with Gasteiger partial charge in [-0.2, -0.15) is 10.5 Å². The molecule has 14 heavy (non-hydrogen) atoms. The van der Waals surface area contributed by atoms with E-state index in [0.717, 1.165) is 15.6 Å². The molecular weight excluding hydrogens is 240 g/mol. The van der Waals surface area contributed by atoms with Crippen LogP contribution in [0.25, 0.3) is 6.08 Å². The zero-order valence-electron chi connectivity index (χ0n) is 7.58. The van der Waals surface area contributed by atoms with Gasteiger partial charge >= 0.3 is 0 Å². The number of nitrogens with zero attached hydrogens (tertiary/aromatic N) is 2. The number of allylic oxidation sites excluding steroid dienone is 1. The van der Waals surface area contributed by atoms with Gasteiger partial charge < -0.3 is 0 Å². The molecule has 2 nitrogen and oxygen atoms in total. The minimum Gasteiger partial charge on any atom is -0.192 e. The van der Waals surface area contributed by atoms with E-state index >= 15 is 0 Å². The van der Waals surface area contributed by atoms with Crippen LogP contribution in [0.1, 0.15) is 11.1 Å². The van der Waals surface area contributed by atoms with Gasteiger partial charge in [-0.05, 0) is 30.2 Å². The fraction of sp³-hybridized carbons (Fsp3) is 0.0909. The van der Waals surface area contributed by atoms with E-state index in [1.165, 1.54) is 0 Å². The first-order chi connectivity index (χ1) is 6.67. The van der Waals surface area contributed by atoms with Crippen LogP contribution >= 0.6 is 15.9 Å². The van der Waals surface area contributed by atoms with Gasteiger partial charge in [0.25, 0.3) is 0 Å². The summed E-state index contributed by atoms with van der Waals surface area (Å²) in [6.07, 6.45) is 1.56. The molecule has 1 aromatic rings. The fourth-order valence-corrected chi connectivity index (χ4v) is 1.60. The Morgan fingerprint density at radius 2 is 2.00 bits per heavy atom. The lowest BCUT2D eigenvalue weighted by Crippen LogP contribution is -1.80. The van der Waals surface area contributed by atoms with Gasteiger partial charge in [-0.15, -0.1) is 0 Å². The number of nitriles is 2. The first-order valence-electron chi connectivity index (χ1n) is 3.95. The van der Waals surface area contributed by atoms with Crippen LogP contribution in [0.3, 0.4) is 0 Å². The van der Waals surface area contributed by atoms with Crippen LogP contribution in [0.15, 0.2) is 28.2 Å². The summed E-state index contributed by atoms with van der Waals surface area (Å²) in [6, 6.07) is 9.39. The second-order valence-electron chi connectivity index (χ2n) is 2.81. The van der Waals surface area contributed by atoms with Crippen molar-refractivity contribution in [3.05, 3.63) is 39.4 Å². The lowest BCUT2D eigenvalue weighted by molar-refractivity contribution is 1.43. The molecule has 0 aliphatic heterocycles. The van der Waals surface area contributed by atoms with Gasteiger partial charge in [-0.3, -0.25) is 0 Å². The quantitative estimate of drug-likeness (QED) is 0.715. The van der Waals surface area contributed by atoms with Gasteiger partial charge in [0, 0.05) is 4.47 Å². The van der Waals surface area contributed by atoms with E-state index in [0.29, 0.717) is 0 Å². The maximum atomic E-state index is 8.58. The van der Waals surface area contributed by atoms with Crippen molar-refractivity contribution in [1.82, 2.24) is 0 Å². The van der Waals surface area contributed by atoms with Crippen molar-refractivity contribution in [3.63, 3.8) is 0 Å². The van der Waals surface area contributed by atoms with Gasteiger partial charge in [0.1, 0.15) is 17.7 Å². The highest BCUT2D eigenvalue weighted by Gasteiger charge is 1.99. The van der Waals surface area contributed by atoms with E-state index in [1.54, 1.807) is 6.08 Å². The minimum atomic E-state index is 0.106. The van der Waals surface area contributed by atoms with Crippen molar-refractivity contribution < 1.29 is 0 Å². The first kappa shape index (κ1) is 10.5. The SMILES string of the molecule is Cc1ccc(C=C(C#N)C#N)c(Br)c1. The predicted octanol–water partition coefficient (Wildman–Crippen LogP) is 3.19. The molecule has 0 amide bonds. The van der Waals surface area contributed by atoms with Gasteiger partial charge in [0.15, 0.2) is 0 Å². The molecule has 0 spiro atoms. The Labute approximate surface area is 91.2 Å². The van der Waals surface area contributed by atoms with Crippen LogP contribution in [-0.2, 0) is 0 Å². The highest BCUT2D eigenvalue weighted by Crippen LogP contribution is 2.20. The number of rotatable bonds is 1. The third kappa shape index (κ3) is 2.45. The molecule has 0 aliphatic rings. The molecule has 0 saturated heterocycles. The first-order valence-corrected chi connectivity index (χ1v) is 4.74. The van der Waals surface area contributed by atoms with E-state index in [-0.39, 0.29) is 5.57 Å². The molecule has 68 valence electrons. The molecule has 3 heteroatoms. The summed E-state index contributed by atoms with van der Waals surface area (Å²) in [6.45, 7) is 1.98. The Balaban J connectivity index is 3.18. The van der Waals surface area contributed by atoms with E-state index < -0.39 is 0 Å². The van der Waals surface area contributed by atoms with E-state index in [9.17, 15) is 0 Å². The highest BCUT2D eigenvalue weighted by atomic mass is 79.9. The standard InChI is InChI=1S/C11H7BrN2/c1-8-2-3-10(11(12)4-8)5-9(6-13)7-14/h2-5H,1H3. The van der Waals surface area contributed by atoms with Gasteiger partial charge in [0.05, 0.1) is 0 Å². The second-order valence-corrected chi connectivity index (χ2v) is 3.66. The zero-order chi connectivity index (χ0) is 10.6. The van der Waals surface area contributed by atoms with Crippen LogP contribution in [0, 0.1) is 29.6 Å². The average Bonchev–Trinajstić information content (AvgIpc) is 2.17. The monoisotopic (exact) mass is 246 g/mol. The molecule has 0 unspecified atom stereocenters. The molecule has 0 N–H and O–H groups in total. The van der Waals surface area contributed by atoms with E-state index in [4.69, 9.17) is 10.5 Å². The molecule has 0 bridgehead atoms. The normalized spacial score (nSPS) is 8.57. The van der Waals surface area contributed by atoms with Crippen molar-refractivity contribution in [3.8, 4) is 12.1 Å². The molecule has 0 radical (unpaired) electrons. The minimum absolute atomic E-state index is 0.106. The predicted molar refractivity (Wildman–Crippen MR) is 58.1 cm³/mol. The molecule has 0 fully saturated rings. The van der Waals surface area contributed by atoms with Crippen LogP contribution in [0.5, 0.6) is 0 Å². The van der Waals surface area contributed by atoms with E-state index in [1.807, 2.05) is 37.3 Å². The summed E-state index contributed by atoms with van der Waals surface area (Å²) in [4.78, 5) is 0. The van der Waals surface area contributed by atoms with Crippen LogP contribution in [0.4, 0.5) is 0 Å². The molecule has 1 aromatic carbocycles. The molecule has 0 aliphatic carbocycles. The molecule has 0 saturated carbocycles. The summed E-state index contributed by atoms with van der Waals surface area (Å²) in [7, 11) is 0. The average molecular weight is 247 g/mol. The summed E-state index contributed by atoms with van der Waals surface area (Å²) >= 11 is 3.37. The van der Waals surface area contributed by atoms with Crippen LogP contribution in [0.2, 0.25) is 0 Å². The molecule has 0 aromatic heterocycles. The second kappa shape index (κ2) is 4.60. The lowest BCUT2D eigenvalue weighted by Gasteiger charge is -1.99. The van der Waals surface area contributed by atoms with Crippen molar-refractivity contribution in [2.75, 3.05) is 0 Å². The summed E-state index contributed by atoms with van der Waals surface area (Å²) in [5, 5.41) is 17.2. The third-order valence-electron chi connectivity index (χ3n) is 1.70. The lowest BCUT2D eigenvalue weighted by atomic mass is 10.1. The van der Waals surface area contributed by atoms with Gasteiger partial charge in [0.2, 0.25) is 0 Å². The third-order valence-corrected chi connectivity index (χ3v) is 2.38. The molecule has 0 atom stereocenters. The summed E-state index contributed by atoms with van der Waals surface area (Å²) in [5.74, 6) is 0. The molecule has 1 rings (SSSR count). The largest absolute Gasteiger partial charge is 0.192 e. The van der Waals surface area contributed by atoms with Crippen LogP contribution < -0.4 is 0 Å². The van der Waals surface area contributed by atoms with E-state index in [2.05, 4.69) is 15.9 Å². The Kier molecular flexibility index (Phi) is 3.45. The van der Waals surface area contributed by atoms with Crippen molar-refractivity contribution in [2.45, 2.75) is 6.92 Å². The van der Waals surface area contributed by atoms with Crippen molar-refractivity contribution >= 4 is 22.0 Å². The van der Waals surface area contributed by atoms with Crippen molar-refractivity contribution in [2.24, 2.45) is 0 Å². The maximum absolute atomic E-state index is 8.58. The Morgan fingerprint density at radius 1 is 1.36 bits per heavy atom. The highest BCUT2D eigenvalue weighted by molar-refractivity contribution is 9.10. The number of benzene rings is 1. The fourth-order valence-electron chi connectivity index (χ4n) is 0.994. The number of halogens is 1. The number of hydrogen-bond donors (Lipinski definition) is 0. The molecular formula is C11H7BrN2. The Hall–Kier alpha value is -1.58. The van der Waals surface area contributed by atoms with Gasteiger partial charge in [-0.1, -0.05) is 28.1 Å². The summed E-state index contributed by atoms with van der Waals surface area (Å²) < 4.78 is 0.889. The van der Waals surface area contributed by atoms with Crippen molar-refractivity contribution in [1.29, 1.82) is 10.5 Å². The molecule has 0 heterocycles. The zero-order valence-corrected chi connectivity index (χ0v) is 9.17. The van der Waals surface area contributed by atoms with Gasteiger partial charge in [-0.25, -0.2) is 0 Å². The van der Waals surface area contributed by atoms with Crippen LogP contribution in [-0.4, -0.2) is 0 Å². The topological polar surface area (TPSA) is 47.6 Å². The Morgan fingerprint density at radius 3 is 2.50 bits per heavy atom. The maximum Gasteiger partial charge on any atom is 0.130 e. The summed E-state index contributed by atoms with van der Waals surface area (Å²) in [5.41, 5.74) is 2.08. The number of hydrogen-bond acceptors (Lipinski definition) is 2. The smallest absolute Gasteiger partial charge is 0.130 e. The number of aryl methyl sites for hydroxylation is 1.